The van der Waals surface area contributed by atoms with Gasteiger partial charge in [-0.3, -0.25) is 4.68 Å². The van der Waals surface area contributed by atoms with Crippen molar-refractivity contribution in [3.8, 4) is 0 Å². The Morgan fingerprint density at radius 3 is 3.00 bits per heavy atom. The van der Waals surface area contributed by atoms with Gasteiger partial charge in [0.2, 0.25) is 0 Å². The van der Waals surface area contributed by atoms with Gasteiger partial charge in [-0.2, -0.15) is 5.10 Å². The maximum Gasteiger partial charge on any atom is 0.163 e. The van der Waals surface area contributed by atoms with Gasteiger partial charge in [0.25, 0.3) is 0 Å². The predicted octanol–water partition coefficient (Wildman–Crippen LogP) is 1.72. The summed E-state index contributed by atoms with van der Waals surface area (Å²) in [4.78, 5) is 11.3. The van der Waals surface area contributed by atoms with E-state index in [1.807, 2.05) is 17.9 Å². The van der Waals surface area contributed by atoms with Crippen molar-refractivity contribution in [3.63, 3.8) is 0 Å². The molecule has 1 fully saturated rings. The molecular formula is C15H24N6. The third-order valence-electron chi connectivity index (χ3n) is 4.17. The van der Waals surface area contributed by atoms with Gasteiger partial charge in [-0.1, -0.05) is 13.8 Å². The fourth-order valence-electron chi connectivity index (χ4n) is 3.04. The van der Waals surface area contributed by atoms with Gasteiger partial charge < -0.3 is 10.2 Å². The maximum absolute atomic E-state index is 4.55. The molecule has 1 atom stereocenters. The number of aryl methyl sites for hydroxylation is 1. The smallest absolute Gasteiger partial charge is 0.163 e. The molecule has 0 aliphatic carbocycles. The van der Waals surface area contributed by atoms with Crippen LogP contribution in [0, 0.1) is 0 Å². The highest BCUT2D eigenvalue weighted by atomic mass is 15.3. The number of hydrogen-bond donors (Lipinski definition) is 1. The average Bonchev–Trinajstić information content (AvgIpc) is 2.87. The number of piperidine rings is 1. The molecule has 6 nitrogen and oxygen atoms in total. The second kappa shape index (κ2) is 5.97. The minimum atomic E-state index is 0.499. The van der Waals surface area contributed by atoms with E-state index in [2.05, 4.69) is 39.1 Å². The quantitative estimate of drug-likeness (QED) is 0.928. The number of hydrogen-bond acceptors (Lipinski definition) is 5. The van der Waals surface area contributed by atoms with Crippen molar-refractivity contribution in [2.24, 2.45) is 7.05 Å². The lowest BCUT2D eigenvalue weighted by Crippen LogP contribution is -2.47. The number of rotatable bonds is 4. The van der Waals surface area contributed by atoms with E-state index < -0.39 is 0 Å². The molecule has 1 saturated heterocycles. The third-order valence-corrected chi connectivity index (χ3v) is 4.17. The van der Waals surface area contributed by atoms with Gasteiger partial charge in [-0.25, -0.2) is 9.97 Å². The first-order valence-corrected chi connectivity index (χ1v) is 7.79. The normalized spacial score (nSPS) is 19.6. The Morgan fingerprint density at radius 2 is 2.19 bits per heavy atom. The van der Waals surface area contributed by atoms with E-state index in [0.717, 1.165) is 29.9 Å². The number of aromatic nitrogens is 4. The van der Waals surface area contributed by atoms with E-state index in [1.54, 1.807) is 6.33 Å². The van der Waals surface area contributed by atoms with Crippen molar-refractivity contribution < 1.29 is 0 Å². The van der Waals surface area contributed by atoms with E-state index in [4.69, 9.17) is 0 Å². The molecule has 21 heavy (non-hydrogen) atoms. The molecule has 0 spiro atoms. The van der Waals surface area contributed by atoms with Gasteiger partial charge in [0.05, 0.1) is 11.6 Å². The van der Waals surface area contributed by atoms with Crippen LogP contribution in [0.25, 0.3) is 11.0 Å². The highest BCUT2D eigenvalue weighted by molar-refractivity contribution is 5.86. The van der Waals surface area contributed by atoms with Crippen LogP contribution in [0.15, 0.2) is 12.5 Å². The van der Waals surface area contributed by atoms with Crippen molar-refractivity contribution in [2.75, 3.05) is 18.0 Å². The molecule has 6 heteroatoms. The summed E-state index contributed by atoms with van der Waals surface area (Å²) in [5.74, 6) is 1.03. The molecule has 0 bridgehead atoms. The van der Waals surface area contributed by atoms with Crippen LogP contribution >= 0.6 is 0 Å². The van der Waals surface area contributed by atoms with E-state index in [9.17, 15) is 0 Å². The molecule has 3 heterocycles. The Labute approximate surface area is 125 Å². The van der Waals surface area contributed by atoms with Crippen LogP contribution in [0.5, 0.6) is 0 Å². The maximum atomic E-state index is 4.55. The summed E-state index contributed by atoms with van der Waals surface area (Å²) >= 11 is 0. The summed E-state index contributed by atoms with van der Waals surface area (Å²) in [6, 6.07) is 1.01. The topological polar surface area (TPSA) is 58.9 Å². The van der Waals surface area contributed by atoms with Gasteiger partial charge in [0.15, 0.2) is 5.65 Å². The summed E-state index contributed by atoms with van der Waals surface area (Å²) in [6.07, 6.45) is 7.27. The molecular weight excluding hydrogens is 264 g/mol. The third kappa shape index (κ3) is 2.85. The van der Waals surface area contributed by atoms with Crippen LogP contribution in [0.1, 0.15) is 33.1 Å². The van der Waals surface area contributed by atoms with Crippen molar-refractivity contribution in [1.29, 1.82) is 0 Å². The van der Waals surface area contributed by atoms with Gasteiger partial charge >= 0.3 is 0 Å². The molecule has 1 unspecified atom stereocenters. The molecule has 1 aliphatic heterocycles. The lowest BCUT2D eigenvalue weighted by atomic mass is 10.0. The molecule has 3 rings (SSSR count). The minimum absolute atomic E-state index is 0.499. The second-order valence-corrected chi connectivity index (χ2v) is 6.11. The molecule has 1 aliphatic rings. The Hall–Kier alpha value is -1.69. The monoisotopic (exact) mass is 288 g/mol. The SMILES string of the molecule is CC(C)NCC1CCCCN1c1ncnc2c1cnn2C. The first kappa shape index (κ1) is 14.3. The molecule has 2 aromatic heterocycles. The standard InChI is InChI=1S/C15H24N6/c1-11(2)16-8-12-6-4-5-7-21(12)15-13-9-19-20(3)14(13)17-10-18-15/h9-12,16H,4-8H2,1-3H3. The number of fused-ring (bicyclic) bond motifs is 1. The van der Waals surface area contributed by atoms with Crippen LogP contribution in [0.2, 0.25) is 0 Å². The summed E-state index contributed by atoms with van der Waals surface area (Å²) < 4.78 is 1.81. The number of nitrogens with zero attached hydrogens (tertiary/aromatic N) is 5. The van der Waals surface area contributed by atoms with Crippen LogP contribution in [-0.4, -0.2) is 44.9 Å². The van der Waals surface area contributed by atoms with Crippen molar-refractivity contribution in [3.05, 3.63) is 12.5 Å². The van der Waals surface area contributed by atoms with Gasteiger partial charge in [0, 0.05) is 32.2 Å². The van der Waals surface area contributed by atoms with Crippen molar-refractivity contribution >= 4 is 16.9 Å². The summed E-state index contributed by atoms with van der Waals surface area (Å²) in [7, 11) is 1.92. The molecule has 2 aromatic rings. The molecule has 114 valence electrons. The van der Waals surface area contributed by atoms with Gasteiger partial charge in [0.1, 0.15) is 12.1 Å². The molecule has 0 amide bonds. The first-order valence-electron chi connectivity index (χ1n) is 7.79. The Balaban J connectivity index is 1.91. The zero-order valence-electron chi connectivity index (χ0n) is 13.1. The fraction of sp³-hybridized carbons (Fsp3) is 0.667. The van der Waals surface area contributed by atoms with Crippen molar-refractivity contribution in [2.45, 2.75) is 45.2 Å². The lowest BCUT2D eigenvalue weighted by molar-refractivity contribution is 0.419. The summed E-state index contributed by atoms with van der Waals surface area (Å²) in [6.45, 7) is 6.45. The zero-order valence-corrected chi connectivity index (χ0v) is 13.1. The van der Waals surface area contributed by atoms with Crippen LogP contribution in [0.3, 0.4) is 0 Å². The van der Waals surface area contributed by atoms with E-state index in [0.29, 0.717) is 12.1 Å². The molecule has 0 radical (unpaired) electrons. The molecule has 0 saturated carbocycles. The Morgan fingerprint density at radius 1 is 1.33 bits per heavy atom. The van der Waals surface area contributed by atoms with Crippen LogP contribution < -0.4 is 10.2 Å². The lowest BCUT2D eigenvalue weighted by Gasteiger charge is -2.37. The highest BCUT2D eigenvalue weighted by Crippen LogP contribution is 2.28. The number of anilines is 1. The van der Waals surface area contributed by atoms with Crippen LogP contribution in [-0.2, 0) is 7.05 Å². The Bertz CT molecular complexity index is 605. The number of nitrogens with one attached hydrogen (secondary N) is 1. The van der Waals surface area contributed by atoms with Crippen LogP contribution in [0.4, 0.5) is 5.82 Å². The average molecular weight is 288 g/mol. The van der Waals surface area contributed by atoms with E-state index in [-0.39, 0.29) is 0 Å². The largest absolute Gasteiger partial charge is 0.352 e. The van der Waals surface area contributed by atoms with Gasteiger partial charge in [-0.05, 0) is 19.3 Å². The minimum Gasteiger partial charge on any atom is -0.352 e. The van der Waals surface area contributed by atoms with E-state index in [1.165, 1.54) is 19.3 Å². The Kier molecular flexibility index (Phi) is 4.05. The van der Waals surface area contributed by atoms with Crippen molar-refractivity contribution in [1.82, 2.24) is 25.1 Å². The second-order valence-electron chi connectivity index (χ2n) is 6.11. The molecule has 0 aromatic carbocycles. The zero-order chi connectivity index (χ0) is 14.8. The first-order chi connectivity index (χ1) is 10.2. The molecule has 1 N–H and O–H groups in total. The van der Waals surface area contributed by atoms with Gasteiger partial charge in [-0.15, -0.1) is 0 Å². The summed E-state index contributed by atoms with van der Waals surface area (Å²) in [5.41, 5.74) is 0.904. The predicted molar refractivity (Wildman–Crippen MR) is 84.4 cm³/mol. The highest BCUT2D eigenvalue weighted by Gasteiger charge is 2.25. The van der Waals surface area contributed by atoms with E-state index >= 15 is 0 Å². The summed E-state index contributed by atoms with van der Waals surface area (Å²) in [5, 5.41) is 8.94. The fourth-order valence-corrected chi connectivity index (χ4v) is 3.04.